The van der Waals surface area contributed by atoms with Gasteiger partial charge in [-0.15, -0.1) is 0 Å². The van der Waals surface area contributed by atoms with Crippen LogP contribution in [-0.2, 0) is 4.74 Å². The van der Waals surface area contributed by atoms with E-state index in [-0.39, 0.29) is 18.7 Å². The van der Waals surface area contributed by atoms with E-state index in [1.807, 2.05) is 30.3 Å². The molecule has 1 saturated heterocycles. The molecule has 0 saturated carbocycles. The molecule has 0 bridgehead atoms. The number of benzene rings is 1. The van der Waals surface area contributed by atoms with Gasteiger partial charge in [-0.2, -0.15) is 4.98 Å². The van der Waals surface area contributed by atoms with Crippen LogP contribution >= 0.6 is 0 Å². The van der Waals surface area contributed by atoms with Gasteiger partial charge in [-0.3, -0.25) is 4.57 Å². The molecule has 2 aromatic heterocycles. The highest BCUT2D eigenvalue weighted by atomic mass is 16.5. The van der Waals surface area contributed by atoms with Gasteiger partial charge in [-0.05, 0) is 36.8 Å². The van der Waals surface area contributed by atoms with Gasteiger partial charge in [0.1, 0.15) is 23.8 Å². The number of hydrogen-bond acceptors (Lipinski definition) is 7. The molecule has 3 unspecified atom stereocenters. The first-order valence-corrected chi connectivity index (χ1v) is 10.3. The predicted molar refractivity (Wildman–Crippen MR) is 110 cm³/mol. The molecule has 0 spiro atoms. The Labute approximate surface area is 173 Å². The number of aromatic nitrogens is 2. The van der Waals surface area contributed by atoms with Gasteiger partial charge in [0.2, 0.25) is 5.71 Å². The van der Waals surface area contributed by atoms with Crippen LogP contribution in [0.2, 0.25) is 0 Å². The standard InChI is InChI=1S/C22H26N2O6/c1-2-3-4-9-28-16-7-5-14(6-8-16)18-10-15-12-24(22(27)23-21(15)30-18)20-11-17(26)19(13-25)29-20/h5-8,10,12,17,19-20,25-26H,2-4,9,11,13H2,1H3. The van der Waals surface area contributed by atoms with E-state index >= 15 is 0 Å². The summed E-state index contributed by atoms with van der Waals surface area (Å²) in [4.78, 5) is 16.4. The molecule has 1 aliphatic rings. The molecule has 1 aliphatic heterocycles. The normalized spacial score (nSPS) is 21.4. The second-order valence-corrected chi connectivity index (χ2v) is 7.50. The van der Waals surface area contributed by atoms with Crippen LogP contribution in [0.1, 0.15) is 38.8 Å². The van der Waals surface area contributed by atoms with Crippen LogP contribution in [0, 0.1) is 0 Å². The molecule has 0 amide bonds. The van der Waals surface area contributed by atoms with E-state index in [4.69, 9.17) is 13.9 Å². The molecule has 0 radical (unpaired) electrons. The van der Waals surface area contributed by atoms with Gasteiger partial charge in [0.25, 0.3) is 0 Å². The fourth-order valence-electron chi connectivity index (χ4n) is 3.58. The Hall–Kier alpha value is -2.68. The minimum Gasteiger partial charge on any atom is -0.494 e. The van der Waals surface area contributed by atoms with E-state index in [0.717, 1.165) is 30.6 Å². The van der Waals surface area contributed by atoms with E-state index in [1.165, 1.54) is 4.57 Å². The molecule has 1 aromatic carbocycles. The molecular formula is C22H26N2O6. The Morgan fingerprint density at radius 3 is 2.77 bits per heavy atom. The second-order valence-electron chi connectivity index (χ2n) is 7.50. The second kappa shape index (κ2) is 8.99. The molecule has 30 heavy (non-hydrogen) atoms. The van der Waals surface area contributed by atoms with Crippen molar-refractivity contribution in [3.8, 4) is 17.1 Å². The molecule has 4 rings (SSSR count). The van der Waals surface area contributed by atoms with Crippen molar-refractivity contribution in [1.82, 2.24) is 9.55 Å². The summed E-state index contributed by atoms with van der Waals surface area (Å²) in [6, 6.07) is 9.40. The van der Waals surface area contributed by atoms with Gasteiger partial charge in [0, 0.05) is 18.2 Å². The van der Waals surface area contributed by atoms with Crippen LogP contribution in [0.3, 0.4) is 0 Å². The number of hydrogen-bond donors (Lipinski definition) is 2. The quantitative estimate of drug-likeness (QED) is 0.546. The number of aliphatic hydroxyl groups is 2. The van der Waals surface area contributed by atoms with E-state index in [2.05, 4.69) is 11.9 Å². The summed E-state index contributed by atoms with van der Waals surface area (Å²) in [5.74, 6) is 1.40. The minimum absolute atomic E-state index is 0.211. The lowest BCUT2D eigenvalue weighted by Gasteiger charge is -2.13. The molecular weight excluding hydrogens is 388 g/mol. The van der Waals surface area contributed by atoms with Gasteiger partial charge < -0.3 is 24.1 Å². The summed E-state index contributed by atoms with van der Waals surface area (Å²) in [6.07, 6.45) is 2.95. The molecule has 3 heterocycles. The van der Waals surface area contributed by atoms with E-state index in [9.17, 15) is 15.0 Å². The molecule has 8 nitrogen and oxygen atoms in total. The van der Waals surface area contributed by atoms with Gasteiger partial charge >= 0.3 is 5.69 Å². The summed E-state index contributed by atoms with van der Waals surface area (Å²) in [7, 11) is 0. The smallest absolute Gasteiger partial charge is 0.353 e. The van der Waals surface area contributed by atoms with Crippen molar-refractivity contribution in [1.29, 1.82) is 0 Å². The van der Waals surface area contributed by atoms with Crippen LogP contribution in [-0.4, -0.2) is 45.2 Å². The highest BCUT2D eigenvalue weighted by Crippen LogP contribution is 2.30. The summed E-state index contributed by atoms with van der Waals surface area (Å²) < 4.78 is 18.4. The maximum absolute atomic E-state index is 12.4. The topological polar surface area (TPSA) is 107 Å². The average Bonchev–Trinajstić information content (AvgIpc) is 3.33. The summed E-state index contributed by atoms with van der Waals surface area (Å²) in [5.41, 5.74) is 0.555. The number of ether oxygens (including phenoxy) is 2. The third-order valence-corrected chi connectivity index (χ3v) is 5.29. The first kappa shape index (κ1) is 20.6. The maximum atomic E-state index is 12.4. The van der Waals surface area contributed by atoms with E-state index in [1.54, 1.807) is 6.20 Å². The number of nitrogens with zero attached hydrogens (tertiary/aromatic N) is 2. The van der Waals surface area contributed by atoms with Crippen LogP contribution in [0.4, 0.5) is 0 Å². The SMILES string of the molecule is CCCCCOc1ccc(-c2cc3cn(C4CC(O)C(CO)O4)c(=O)nc3o2)cc1. The van der Waals surface area contributed by atoms with Gasteiger partial charge in [0.15, 0.2) is 0 Å². The molecule has 160 valence electrons. The zero-order valence-corrected chi connectivity index (χ0v) is 16.9. The van der Waals surface area contributed by atoms with Crippen LogP contribution < -0.4 is 10.4 Å². The Kier molecular flexibility index (Phi) is 6.17. The minimum atomic E-state index is -0.829. The highest BCUT2D eigenvalue weighted by Gasteiger charge is 2.35. The van der Waals surface area contributed by atoms with Crippen molar-refractivity contribution in [2.45, 2.75) is 51.0 Å². The van der Waals surface area contributed by atoms with Crippen molar-refractivity contribution < 1.29 is 24.1 Å². The monoisotopic (exact) mass is 414 g/mol. The lowest BCUT2D eigenvalue weighted by atomic mass is 10.1. The van der Waals surface area contributed by atoms with Crippen LogP contribution in [0.5, 0.6) is 5.75 Å². The largest absolute Gasteiger partial charge is 0.494 e. The van der Waals surface area contributed by atoms with Gasteiger partial charge in [0.05, 0.1) is 24.7 Å². The zero-order chi connectivity index (χ0) is 21.1. The fraction of sp³-hybridized carbons (Fsp3) is 0.455. The molecule has 3 atom stereocenters. The van der Waals surface area contributed by atoms with Gasteiger partial charge in [-0.1, -0.05) is 19.8 Å². The molecule has 8 heteroatoms. The van der Waals surface area contributed by atoms with Gasteiger partial charge in [-0.25, -0.2) is 4.79 Å². The van der Waals surface area contributed by atoms with Crippen molar-refractivity contribution in [3.05, 3.63) is 47.0 Å². The van der Waals surface area contributed by atoms with Crippen molar-refractivity contribution >= 4 is 11.1 Å². The first-order chi connectivity index (χ1) is 14.6. The van der Waals surface area contributed by atoms with E-state index < -0.39 is 24.1 Å². The average molecular weight is 414 g/mol. The summed E-state index contributed by atoms with van der Waals surface area (Å²) in [6.45, 7) is 2.55. The summed E-state index contributed by atoms with van der Waals surface area (Å²) >= 11 is 0. The number of unbranched alkanes of at least 4 members (excludes halogenated alkanes) is 2. The Bertz CT molecular complexity index is 1040. The lowest BCUT2D eigenvalue weighted by molar-refractivity contribution is -0.0457. The van der Waals surface area contributed by atoms with Crippen molar-refractivity contribution in [2.75, 3.05) is 13.2 Å². The first-order valence-electron chi connectivity index (χ1n) is 10.3. The van der Waals surface area contributed by atoms with Crippen LogP contribution in [0.15, 0.2) is 45.7 Å². The zero-order valence-electron chi connectivity index (χ0n) is 16.9. The maximum Gasteiger partial charge on any atom is 0.353 e. The Balaban J connectivity index is 1.53. The van der Waals surface area contributed by atoms with Crippen LogP contribution in [0.25, 0.3) is 22.4 Å². The molecule has 1 fully saturated rings. The molecule has 0 aliphatic carbocycles. The molecule has 2 N–H and O–H groups in total. The van der Waals surface area contributed by atoms with Crippen molar-refractivity contribution in [3.63, 3.8) is 0 Å². The molecule has 3 aromatic rings. The predicted octanol–water partition coefficient (Wildman–Crippen LogP) is 2.87. The lowest BCUT2D eigenvalue weighted by Crippen LogP contribution is -2.27. The Morgan fingerprint density at radius 2 is 2.07 bits per heavy atom. The summed E-state index contributed by atoms with van der Waals surface area (Å²) in [5, 5.41) is 19.8. The number of aliphatic hydroxyl groups excluding tert-OH is 2. The fourth-order valence-corrected chi connectivity index (χ4v) is 3.58. The van der Waals surface area contributed by atoms with E-state index in [0.29, 0.717) is 17.8 Å². The third-order valence-electron chi connectivity index (χ3n) is 5.29. The number of fused-ring (bicyclic) bond motifs is 1. The number of furan rings is 1. The number of rotatable bonds is 8. The highest BCUT2D eigenvalue weighted by molar-refractivity contribution is 5.79. The third kappa shape index (κ3) is 4.26. The Morgan fingerprint density at radius 1 is 1.27 bits per heavy atom. The van der Waals surface area contributed by atoms with Crippen molar-refractivity contribution in [2.24, 2.45) is 0 Å².